The Balaban J connectivity index is 2.71. The zero-order valence-corrected chi connectivity index (χ0v) is 6.57. The molecule has 1 aromatic heterocycles. The number of aryl methyl sites for hydroxylation is 1. The van der Waals surface area contributed by atoms with Gasteiger partial charge in [-0.2, -0.15) is 0 Å². The van der Waals surface area contributed by atoms with E-state index >= 15 is 0 Å². The van der Waals surface area contributed by atoms with Crippen molar-refractivity contribution in [1.82, 2.24) is 9.55 Å². The van der Waals surface area contributed by atoms with Gasteiger partial charge in [0.25, 0.3) is 0 Å². The van der Waals surface area contributed by atoms with Gasteiger partial charge in [0.15, 0.2) is 6.17 Å². The highest BCUT2D eigenvalue weighted by molar-refractivity contribution is 5.67. The Morgan fingerprint density at radius 3 is 3.00 bits per heavy atom. The smallest absolute Gasteiger partial charge is 0.306 e. The topological polar surface area (TPSA) is 55.1 Å². The maximum atomic E-state index is 13.0. The van der Waals surface area contributed by atoms with Gasteiger partial charge in [0, 0.05) is 19.4 Å². The Morgan fingerprint density at radius 2 is 2.58 bits per heavy atom. The van der Waals surface area contributed by atoms with Gasteiger partial charge in [-0.3, -0.25) is 4.79 Å². The van der Waals surface area contributed by atoms with Crippen molar-refractivity contribution in [3.05, 3.63) is 18.2 Å². The third kappa shape index (κ3) is 1.81. The molecule has 66 valence electrons. The molecule has 0 bridgehead atoms. The predicted molar refractivity (Wildman–Crippen MR) is 39.3 cm³/mol. The lowest BCUT2D eigenvalue weighted by Crippen LogP contribution is -2.06. The van der Waals surface area contributed by atoms with E-state index in [4.69, 9.17) is 5.11 Å². The van der Waals surface area contributed by atoms with Gasteiger partial charge in [-0.1, -0.05) is 0 Å². The lowest BCUT2D eigenvalue weighted by molar-refractivity contribution is -0.138. The second kappa shape index (κ2) is 3.34. The van der Waals surface area contributed by atoms with Gasteiger partial charge in [-0.25, -0.2) is 9.37 Å². The number of halogens is 1. The van der Waals surface area contributed by atoms with Crippen LogP contribution < -0.4 is 0 Å². The van der Waals surface area contributed by atoms with Gasteiger partial charge in [0.2, 0.25) is 0 Å². The number of aromatic nitrogens is 2. The van der Waals surface area contributed by atoms with Crippen molar-refractivity contribution in [1.29, 1.82) is 0 Å². The Kier molecular flexibility index (Phi) is 2.42. The highest BCUT2D eigenvalue weighted by Gasteiger charge is 2.17. The van der Waals surface area contributed by atoms with Crippen LogP contribution in [0, 0.1) is 0 Å². The van der Waals surface area contributed by atoms with E-state index in [0.717, 1.165) is 0 Å². The fourth-order valence-electron chi connectivity index (χ4n) is 0.924. The maximum Gasteiger partial charge on any atom is 0.306 e. The van der Waals surface area contributed by atoms with Crippen molar-refractivity contribution in [3.63, 3.8) is 0 Å². The van der Waals surface area contributed by atoms with Crippen LogP contribution in [0.15, 0.2) is 12.4 Å². The number of imidazole rings is 1. The Morgan fingerprint density at radius 1 is 1.92 bits per heavy atom. The molecule has 5 heteroatoms. The molecule has 0 aliphatic carbocycles. The van der Waals surface area contributed by atoms with Gasteiger partial charge < -0.3 is 9.67 Å². The molecular weight excluding hydrogens is 163 g/mol. The molecule has 0 saturated heterocycles. The summed E-state index contributed by atoms with van der Waals surface area (Å²) in [6.45, 7) is 0. The highest BCUT2D eigenvalue weighted by Crippen LogP contribution is 2.17. The number of aliphatic carboxylic acids is 1. The summed E-state index contributed by atoms with van der Waals surface area (Å²) < 4.78 is 14.5. The Hall–Kier alpha value is -1.39. The first kappa shape index (κ1) is 8.70. The van der Waals surface area contributed by atoms with Gasteiger partial charge in [0.05, 0.1) is 6.42 Å². The summed E-state index contributed by atoms with van der Waals surface area (Å²) in [4.78, 5) is 13.8. The molecule has 0 aliphatic rings. The molecule has 1 atom stereocenters. The number of carboxylic acids is 1. The lowest BCUT2D eigenvalue weighted by Gasteiger charge is -2.04. The molecule has 0 spiro atoms. The fourth-order valence-corrected chi connectivity index (χ4v) is 0.924. The predicted octanol–water partition coefficient (Wildman–Crippen LogP) is 0.905. The first-order valence-corrected chi connectivity index (χ1v) is 3.44. The third-order valence-corrected chi connectivity index (χ3v) is 1.49. The van der Waals surface area contributed by atoms with Crippen LogP contribution in [0.4, 0.5) is 4.39 Å². The minimum Gasteiger partial charge on any atom is -0.481 e. The summed E-state index contributed by atoms with van der Waals surface area (Å²) in [6, 6.07) is 0. The van der Waals surface area contributed by atoms with E-state index in [1.54, 1.807) is 13.2 Å². The summed E-state index contributed by atoms with van der Waals surface area (Å²) >= 11 is 0. The molecule has 0 fully saturated rings. The van der Waals surface area contributed by atoms with Crippen molar-refractivity contribution < 1.29 is 14.3 Å². The summed E-state index contributed by atoms with van der Waals surface area (Å²) in [7, 11) is 1.62. The highest BCUT2D eigenvalue weighted by atomic mass is 19.1. The molecule has 0 aliphatic heterocycles. The van der Waals surface area contributed by atoms with Crippen LogP contribution in [-0.2, 0) is 11.8 Å². The third-order valence-electron chi connectivity index (χ3n) is 1.49. The zero-order chi connectivity index (χ0) is 9.14. The van der Waals surface area contributed by atoms with E-state index in [1.807, 2.05) is 0 Å². The van der Waals surface area contributed by atoms with Crippen LogP contribution in [-0.4, -0.2) is 20.6 Å². The standard InChI is InChI=1S/C7H9FN2O2/c1-10-3-2-9-7(10)5(8)4-6(11)12/h2-3,5H,4H2,1H3,(H,11,12). The molecule has 0 amide bonds. The van der Waals surface area contributed by atoms with Crippen molar-refractivity contribution in [3.8, 4) is 0 Å². The molecule has 1 aromatic rings. The monoisotopic (exact) mass is 172 g/mol. The van der Waals surface area contributed by atoms with E-state index in [1.165, 1.54) is 10.8 Å². The molecule has 12 heavy (non-hydrogen) atoms. The van der Waals surface area contributed by atoms with Crippen molar-refractivity contribution >= 4 is 5.97 Å². The minimum absolute atomic E-state index is 0.150. The van der Waals surface area contributed by atoms with Crippen molar-refractivity contribution in [2.75, 3.05) is 0 Å². The molecule has 0 aromatic carbocycles. The molecular formula is C7H9FN2O2. The van der Waals surface area contributed by atoms with Crippen LogP contribution in [0.5, 0.6) is 0 Å². The summed E-state index contributed by atoms with van der Waals surface area (Å²) in [5.41, 5.74) is 0. The molecule has 1 unspecified atom stereocenters. The normalized spacial score (nSPS) is 12.8. The van der Waals surface area contributed by atoms with Crippen molar-refractivity contribution in [2.45, 2.75) is 12.6 Å². The molecule has 1 rings (SSSR count). The summed E-state index contributed by atoms with van der Waals surface area (Å²) in [5.74, 6) is -1.01. The molecule has 1 heterocycles. The van der Waals surface area contributed by atoms with Crippen molar-refractivity contribution in [2.24, 2.45) is 7.05 Å². The molecule has 0 radical (unpaired) electrons. The Bertz CT molecular complexity index is 285. The Labute approximate surface area is 68.7 Å². The van der Waals surface area contributed by atoms with Gasteiger partial charge in [-0.15, -0.1) is 0 Å². The van der Waals surface area contributed by atoms with Crippen LogP contribution >= 0.6 is 0 Å². The maximum absolute atomic E-state index is 13.0. The average molecular weight is 172 g/mol. The van der Waals surface area contributed by atoms with E-state index in [-0.39, 0.29) is 5.82 Å². The fraction of sp³-hybridized carbons (Fsp3) is 0.429. The number of carbonyl (C=O) groups is 1. The number of nitrogens with zero attached hydrogens (tertiary/aromatic N) is 2. The number of hydrogen-bond donors (Lipinski definition) is 1. The number of carboxylic acid groups (broad SMARTS) is 1. The first-order chi connectivity index (χ1) is 5.61. The molecule has 4 nitrogen and oxygen atoms in total. The zero-order valence-electron chi connectivity index (χ0n) is 6.57. The lowest BCUT2D eigenvalue weighted by atomic mass is 10.2. The number of alkyl halides is 1. The largest absolute Gasteiger partial charge is 0.481 e. The van der Waals surface area contributed by atoms with Gasteiger partial charge in [-0.05, 0) is 0 Å². The molecule has 0 saturated carbocycles. The SMILES string of the molecule is Cn1ccnc1C(F)CC(=O)O. The van der Waals surface area contributed by atoms with Crippen LogP contribution in [0.1, 0.15) is 18.4 Å². The number of rotatable bonds is 3. The van der Waals surface area contributed by atoms with Gasteiger partial charge >= 0.3 is 5.97 Å². The second-order valence-corrected chi connectivity index (χ2v) is 2.46. The summed E-state index contributed by atoms with van der Waals surface area (Å²) in [5, 5.41) is 8.30. The van der Waals surface area contributed by atoms with Crippen LogP contribution in [0.3, 0.4) is 0 Å². The van der Waals surface area contributed by atoms with Crippen LogP contribution in [0.25, 0.3) is 0 Å². The van der Waals surface area contributed by atoms with Crippen LogP contribution in [0.2, 0.25) is 0 Å². The summed E-state index contributed by atoms with van der Waals surface area (Å²) in [6.07, 6.45) is 0.945. The quantitative estimate of drug-likeness (QED) is 0.737. The van der Waals surface area contributed by atoms with E-state index in [2.05, 4.69) is 4.98 Å². The second-order valence-electron chi connectivity index (χ2n) is 2.46. The minimum atomic E-state index is -1.53. The van der Waals surface area contributed by atoms with E-state index < -0.39 is 18.6 Å². The molecule has 1 N–H and O–H groups in total. The van der Waals surface area contributed by atoms with Gasteiger partial charge in [0.1, 0.15) is 5.82 Å². The van der Waals surface area contributed by atoms with E-state index in [9.17, 15) is 9.18 Å². The first-order valence-electron chi connectivity index (χ1n) is 3.44. The number of hydrogen-bond acceptors (Lipinski definition) is 2. The average Bonchev–Trinajstić information content (AvgIpc) is 2.33. The van der Waals surface area contributed by atoms with E-state index in [0.29, 0.717) is 0 Å².